The molecule has 78 valence electrons. The van der Waals surface area contributed by atoms with Gasteiger partial charge >= 0.3 is 0 Å². The molecule has 0 aliphatic carbocycles. The maximum Gasteiger partial charge on any atom is 0.125 e. The van der Waals surface area contributed by atoms with Crippen LogP contribution in [0.3, 0.4) is 0 Å². The molecule has 0 fully saturated rings. The minimum Gasteiger partial charge on any atom is -0.491 e. The number of nitrogens with two attached hydrogens (primary N) is 1. The van der Waals surface area contributed by atoms with Crippen LogP contribution in [0.2, 0.25) is 0 Å². The molecule has 1 rings (SSSR count). The lowest BCUT2D eigenvalue weighted by molar-refractivity contribution is 0.224. The van der Waals surface area contributed by atoms with Gasteiger partial charge in [-0.25, -0.2) is 0 Å². The summed E-state index contributed by atoms with van der Waals surface area (Å²) in [5, 5.41) is 0. The zero-order valence-corrected chi connectivity index (χ0v) is 9.08. The van der Waals surface area contributed by atoms with Gasteiger partial charge in [-0.3, -0.25) is 4.98 Å². The first-order valence-corrected chi connectivity index (χ1v) is 4.87. The third kappa shape index (κ3) is 3.00. The highest BCUT2D eigenvalue weighted by atomic mass is 16.5. The van der Waals surface area contributed by atoms with Gasteiger partial charge in [-0.2, -0.15) is 0 Å². The molecule has 0 saturated carbocycles. The maximum absolute atomic E-state index is 5.97. The second-order valence-electron chi connectivity index (χ2n) is 3.94. The molecule has 0 bridgehead atoms. The van der Waals surface area contributed by atoms with Crippen LogP contribution in [0, 0.1) is 6.92 Å². The molecule has 2 N–H and O–H groups in total. The predicted octanol–water partition coefficient (Wildman–Crippen LogP) is 1.90. The van der Waals surface area contributed by atoms with Crippen LogP contribution in [0.1, 0.15) is 25.8 Å². The smallest absolute Gasteiger partial charge is 0.125 e. The second kappa shape index (κ2) is 4.42. The molecule has 14 heavy (non-hydrogen) atoms. The summed E-state index contributed by atoms with van der Waals surface area (Å²) in [5.74, 6) is 0.866. The van der Waals surface area contributed by atoms with E-state index in [2.05, 4.69) is 11.9 Å². The lowest BCUT2D eigenvalue weighted by atomic mass is 10.0. The van der Waals surface area contributed by atoms with E-state index >= 15 is 0 Å². The van der Waals surface area contributed by atoms with Crippen molar-refractivity contribution in [2.75, 3.05) is 6.61 Å². The average molecular weight is 194 g/mol. The molecular weight excluding hydrogens is 176 g/mol. The number of pyridine rings is 1. The molecule has 0 aliphatic heterocycles. The summed E-state index contributed by atoms with van der Waals surface area (Å²) in [4.78, 5) is 4.00. The molecule has 0 aliphatic rings. The Kier molecular flexibility index (Phi) is 3.47. The number of hydrogen-bond acceptors (Lipinski definition) is 3. The lowest BCUT2D eigenvalue weighted by Crippen LogP contribution is -2.41. The van der Waals surface area contributed by atoms with E-state index in [0.717, 1.165) is 17.7 Å². The summed E-state index contributed by atoms with van der Waals surface area (Å²) >= 11 is 0. The van der Waals surface area contributed by atoms with Crippen molar-refractivity contribution in [2.45, 2.75) is 32.7 Å². The third-order valence-corrected chi connectivity index (χ3v) is 2.33. The van der Waals surface area contributed by atoms with Crippen LogP contribution in [-0.2, 0) is 0 Å². The standard InChI is InChI=1S/C11H18N2O/c1-4-11(3,12)8-14-10-5-6-13-7-9(10)2/h5-7H,4,8,12H2,1-3H3. The van der Waals surface area contributed by atoms with Gasteiger partial charge in [0.1, 0.15) is 12.4 Å². The Labute approximate surface area is 85.3 Å². The number of nitrogens with zero attached hydrogens (tertiary/aromatic N) is 1. The molecular formula is C11H18N2O. The fourth-order valence-corrected chi connectivity index (χ4v) is 0.967. The van der Waals surface area contributed by atoms with Crippen molar-refractivity contribution in [2.24, 2.45) is 5.73 Å². The molecule has 1 aromatic heterocycles. The van der Waals surface area contributed by atoms with E-state index in [1.165, 1.54) is 0 Å². The van der Waals surface area contributed by atoms with Gasteiger partial charge in [-0.05, 0) is 26.3 Å². The Bertz CT molecular complexity index is 297. The molecule has 1 atom stereocenters. The van der Waals surface area contributed by atoms with E-state index in [0.29, 0.717) is 6.61 Å². The van der Waals surface area contributed by atoms with Gasteiger partial charge < -0.3 is 10.5 Å². The largest absolute Gasteiger partial charge is 0.491 e. The summed E-state index contributed by atoms with van der Waals surface area (Å²) in [6, 6.07) is 1.86. The van der Waals surface area contributed by atoms with Crippen molar-refractivity contribution >= 4 is 0 Å². The van der Waals surface area contributed by atoms with Crippen LogP contribution in [-0.4, -0.2) is 17.1 Å². The molecule has 1 aromatic rings. The highest BCUT2D eigenvalue weighted by Gasteiger charge is 2.16. The molecule has 0 saturated heterocycles. The van der Waals surface area contributed by atoms with Crippen LogP contribution in [0.15, 0.2) is 18.5 Å². The molecule has 3 heteroatoms. The van der Waals surface area contributed by atoms with Crippen molar-refractivity contribution in [3.8, 4) is 5.75 Å². The average Bonchev–Trinajstić information content (AvgIpc) is 2.17. The Morgan fingerprint density at radius 3 is 2.86 bits per heavy atom. The van der Waals surface area contributed by atoms with Gasteiger partial charge in [0.05, 0.1) is 0 Å². The van der Waals surface area contributed by atoms with Gasteiger partial charge in [0.15, 0.2) is 0 Å². The predicted molar refractivity (Wildman–Crippen MR) is 57.4 cm³/mol. The van der Waals surface area contributed by atoms with Crippen LogP contribution in [0.5, 0.6) is 5.75 Å². The summed E-state index contributed by atoms with van der Waals surface area (Å²) in [5.41, 5.74) is 6.76. The van der Waals surface area contributed by atoms with E-state index in [-0.39, 0.29) is 5.54 Å². The highest BCUT2D eigenvalue weighted by Crippen LogP contribution is 2.16. The Morgan fingerprint density at radius 2 is 2.29 bits per heavy atom. The van der Waals surface area contributed by atoms with Gasteiger partial charge in [-0.1, -0.05) is 6.92 Å². The number of ether oxygens (including phenoxy) is 1. The number of aromatic nitrogens is 1. The van der Waals surface area contributed by atoms with Gasteiger partial charge in [-0.15, -0.1) is 0 Å². The van der Waals surface area contributed by atoms with Crippen LogP contribution < -0.4 is 10.5 Å². The number of hydrogen-bond donors (Lipinski definition) is 1. The molecule has 1 unspecified atom stereocenters. The van der Waals surface area contributed by atoms with Crippen molar-refractivity contribution in [3.63, 3.8) is 0 Å². The SMILES string of the molecule is CCC(C)(N)COc1ccncc1C. The molecule has 0 radical (unpaired) electrons. The number of aryl methyl sites for hydroxylation is 1. The number of rotatable bonds is 4. The van der Waals surface area contributed by atoms with Crippen molar-refractivity contribution < 1.29 is 4.74 Å². The van der Waals surface area contributed by atoms with Gasteiger partial charge in [0, 0.05) is 23.5 Å². The monoisotopic (exact) mass is 194 g/mol. The molecule has 3 nitrogen and oxygen atoms in total. The summed E-state index contributed by atoms with van der Waals surface area (Å²) < 4.78 is 5.63. The van der Waals surface area contributed by atoms with Crippen molar-refractivity contribution in [1.29, 1.82) is 0 Å². The third-order valence-electron chi connectivity index (χ3n) is 2.33. The van der Waals surface area contributed by atoms with Crippen molar-refractivity contribution in [3.05, 3.63) is 24.0 Å². The summed E-state index contributed by atoms with van der Waals surface area (Å²) in [6.45, 7) is 6.56. The minimum absolute atomic E-state index is 0.254. The minimum atomic E-state index is -0.254. The highest BCUT2D eigenvalue weighted by molar-refractivity contribution is 5.28. The van der Waals surface area contributed by atoms with E-state index in [1.54, 1.807) is 12.4 Å². The topological polar surface area (TPSA) is 48.1 Å². The zero-order valence-electron chi connectivity index (χ0n) is 9.08. The molecule has 0 aromatic carbocycles. The quantitative estimate of drug-likeness (QED) is 0.796. The maximum atomic E-state index is 5.97. The normalized spacial score (nSPS) is 14.9. The Balaban J connectivity index is 2.58. The zero-order chi connectivity index (χ0) is 10.6. The van der Waals surface area contributed by atoms with E-state index in [1.807, 2.05) is 19.9 Å². The van der Waals surface area contributed by atoms with Crippen LogP contribution >= 0.6 is 0 Å². The summed E-state index contributed by atoms with van der Waals surface area (Å²) in [7, 11) is 0. The first-order chi connectivity index (χ1) is 6.55. The fourth-order valence-electron chi connectivity index (χ4n) is 0.967. The second-order valence-corrected chi connectivity index (χ2v) is 3.94. The Hall–Kier alpha value is -1.09. The molecule has 1 heterocycles. The van der Waals surface area contributed by atoms with E-state index in [4.69, 9.17) is 10.5 Å². The first kappa shape index (κ1) is 11.0. The van der Waals surface area contributed by atoms with Crippen LogP contribution in [0.4, 0.5) is 0 Å². The van der Waals surface area contributed by atoms with E-state index in [9.17, 15) is 0 Å². The van der Waals surface area contributed by atoms with Crippen LogP contribution in [0.25, 0.3) is 0 Å². The fraction of sp³-hybridized carbons (Fsp3) is 0.545. The van der Waals surface area contributed by atoms with Crippen molar-refractivity contribution in [1.82, 2.24) is 4.98 Å². The van der Waals surface area contributed by atoms with Gasteiger partial charge in [0.2, 0.25) is 0 Å². The molecule has 0 spiro atoms. The summed E-state index contributed by atoms with van der Waals surface area (Å²) in [6.07, 6.45) is 4.41. The molecule has 0 amide bonds. The first-order valence-electron chi connectivity index (χ1n) is 4.87. The van der Waals surface area contributed by atoms with Gasteiger partial charge in [0.25, 0.3) is 0 Å². The Morgan fingerprint density at radius 1 is 1.57 bits per heavy atom. The lowest BCUT2D eigenvalue weighted by Gasteiger charge is -2.23. The van der Waals surface area contributed by atoms with E-state index < -0.39 is 0 Å².